The van der Waals surface area contributed by atoms with Gasteiger partial charge in [0.1, 0.15) is 5.41 Å². The van der Waals surface area contributed by atoms with Crippen LogP contribution in [0.15, 0.2) is 0 Å². The van der Waals surface area contributed by atoms with Crippen LogP contribution < -0.4 is 5.32 Å². The molecule has 0 heterocycles. The summed E-state index contributed by atoms with van der Waals surface area (Å²) in [5, 5.41) is 2.56. The summed E-state index contributed by atoms with van der Waals surface area (Å²) in [5.74, 6) is -0.828. The highest BCUT2D eigenvalue weighted by molar-refractivity contribution is 6.01. The van der Waals surface area contributed by atoms with Crippen LogP contribution in [0.2, 0.25) is 0 Å². The molecule has 0 unspecified atom stereocenters. The number of hydrogen-bond donors (Lipinski definition) is 1. The summed E-state index contributed by atoms with van der Waals surface area (Å²) in [6.07, 6.45) is 0. The third-order valence-corrected chi connectivity index (χ3v) is 1.60. The Bertz CT molecular complexity index is 187. The lowest BCUT2D eigenvalue weighted by Gasteiger charge is -2.19. The van der Waals surface area contributed by atoms with Crippen molar-refractivity contribution in [3.8, 4) is 0 Å². The zero-order valence-electron chi connectivity index (χ0n) is 7.93. The van der Waals surface area contributed by atoms with Crippen molar-refractivity contribution in [3.63, 3.8) is 0 Å². The highest BCUT2D eigenvalue weighted by Gasteiger charge is 2.36. The van der Waals surface area contributed by atoms with Crippen molar-refractivity contribution < 1.29 is 14.3 Å². The molecule has 0 aliphatic rings. The van der Waals surface area contributed by atoms with Crippen molar-refractivity contribution in [3.05, 3.63) is 0 Å². The first kappa shape index (κ1) is 10.9. The third kappa shape index (κ3) is 2.22. The van der Waals surface area contributed by atoms with Gasteiger partial charge in [-0.3, -0.25) is 9.59 Å². The monoisotopic (exact) mass is 173 g/mol. The van der Waals surface area contributed by atoms with E-state index >= 15 is 0 Å². The van der Waals surface area contributed by atoms with Gasteiger partial charge in [0.05, 0.1) is 7.11 Å². The van der Waals surface area contributed by atoms with Gasteiger partial charge in [-0.05, 0) is 20.8 Å². The average molecular weight is 173 g/mol. The maximum atomic E-state index is 11.3. The van der Waals surface area contributed by atoms with E-state index in [1.54, 1.807) is 6.92 Å². The van der Waals surface area contributed by atoms with Gasteiger partial charge in [-0.1, -0.05) is 0 Å². The molecule has 0 aromatic heterocycles. The van der Waals surface area contributed by atoms with E-state index in [0.29, 0.717) is 6.54 Å². The molecular weight excluding hydrogens is 158 g/mol. The molecule has 0 atom stereocenters. The van der Waals surface area contributed by atoms with Crippen LogP contribution in [-0.2, 0) is 14.3 Å². The van der Waals surface area contributed by atoms with Crippen molar-refractivity contribution in [2.75, 3.05) is 13.7 Å². The molecule has 0 rings (SSSR count). The number of methoxy groups -OCH3 is 1. The summed E-state index contributed by atoms with van der Waals surface area (Å²) in [4.78, 5) is 22.3. The van der Waals surface area contributed by atoms with Crippen molar-refractivity contribution in [2.45, 2.75) is 20.8 Å². The van der Waals surface area contributed by atoms with E-state index in [9.17, 15) is 9.59 Å². The molecule has 0 aromatic rings. The van der Waals surface area contributed by atoms with Crippen LogP contribution in [-0.4, -0.2) is 25.5 Å². The fraction of sp³-hybridized carbons (Fsp3) is 0.750. The van der Waals surface area contributed by atoms with Crippen LogP contribution in [0.3, 0.4) is 0 Å². The molecule has 0 aliphatic carbocycles. The molecule has 1 amide bonds. The predicted molar refractivity (Wildman–Crippen MR) is 44.5 cm³/mol. The van der Waals surface area contributed by atoms with Gasteiger partial charge in [0, 0.05) is 6.54 Å². The van der Waals surface area contributed by atoms with Gasteiger partial charge in [0.15, 0.2) is 0 Å². The number of hydrogen-bond acceptors (Lipinski definition) is 3. The first-order valence-electron chi connectivity index (χ1n) is 3.83. The zero-order valence-corrected chi connectivity index (χ0v) is 7.93. The van der Waals surface area contributed by atoms with Crippen LogP contribution in [0.5, 0.6) is 0 Å². The van der Waals surface area contributed by atoms with Crippen molar-refractivity contribution in [1.82, 2.24) is 5.32 Å². The Morgan fingerprint density at radius 1 is 1.42 bits per heavy atom. The van der Waals surface area contributed by atoms with Crippen molar-refractivity contribution in [1.29, 1.82) is 0 Å². The Balaban J connectivity index is 4.38. The number of carbonyl (C=O) groups excluding carboxylic acids is 2. The van der Waals surface area contributed by atoms with Crippen LogP contribution in [0.25, 0.3) is 0 Å². The fourth-order valence-electron chi connectivity index (χ4n) is 0.729. The third-order valence-electron chi connectivity index (χ3n) is 1.60. The number of ether oxygens (including phenoxy) is 1. The highest BCUT2D eigenvalue weighted by Crippen LogP contribution is 2.16. The molecule has 12 heavy (non-hydrogen) atoms. The summed E-state index contributed by atoms with van der Waals surface area (Å²) in [7, 11) is 1.27. The standard InChI is InChI=1S/C8H15NO3/c1-5-9-6(10)8(2,3)7(11)12-4/h5H2,1-4H3,(H,9,10). The van der Waals surface area contributed by atoms with Gasteiger partial charge in [-0.25, -0.2) is 0 Å². The van der Waals surface area contributed by atoms with Crippen LogP contribution >= 0.6 is 0 Å². The number of esters is 1. The molecule has 70 valence electrons. The first-order valence-corrected chi connectivity index (χ1v) is 3.83. The van der Waals surface area contributed by atoms with Gasteiger partial charge >= 0.3 is 5.97 Å². The van der Waals surface area contributed by atoms with Crippen molar-refractivity contribution >= 4 is 11.9 Å². The first-order chi connectivity index (χ1) is 5.46. The minimum atomic E-state index is -1.09. The van der Waals surface area contributed by atoms with E-state index in [-0.39, 0.29) is 5.91 Å². The van der Waals surface area contributed by atoms with Gasteiger partial charge in [0.2, 0.25) is 5.91 Å². The van der Waals surface area contributed by atoms with Gasteiger partial charge < -0.3 is 10.1 Å². The Labute approximate surface area is 72.3 Å². The van der Waals surface area contributed by atoms with E-state index in [2.05, 4.69) is 10.1 Å². The molecule has 0 bridgehead atoms. The second-order valence-electron chi connectivity index (χ2n) is 2.98. The van der Waals surface area contributed by atoms with E-state index < -0.39 is 11.4 Å². The van der Waals surface area contributed by atoms with Gasteiger partial charge in [0.25, 0.3) is 0 Å². The van der Waals surface area contributed by atoms with Gasteiger partial charge in [-0.2, -0.15) is 0 Å². The topological polar surface area (TPSA) is 55.4 Å². The maximum absolute atomic E-state index is 11.3. The summed E-state index contributed by atoms with van der Waals surface area (Å²) in [6, 6.07) is 0. The Hall–Kier alpha value is -1.06. The quantitative estimate of drug-likeness (QED) is 0.494. The minimum Gasteiger partial charge on any atom is -0.468 e. The molecular formula is C8H15NO3. The summed E-state index contributed by atoms with van der Waals surface area (Å²) < 4.78 is 4.48. The molecule has 1 N–H and O–H groups in total. The second kappa shape index (κ2) is 4.09. The Kier molecular flexibility index (Phi) is 3.73. The smallest absolute Gasteiger partial charge is 0.320 e. The fourth-order valence-corrected chi connectivity index (χ4v) is 0.729. The molecule has 4 heteroatoms. The lowest BCUT2D eigenvalue weighted by molar-refractivity contribution is -0.156. The van der Waals surface area contributed by atoms with E-state index in [1.807, 2.05) is 0 Å². The molecule has 4 nitrogen and oxygen atoms in total. The molecule has 0 radical (unpaired) electrons. The van der Waals surface area contributed by atoms with Crippen LogP contribution in [0.1, 0.15) is 20.8 Å². The summed E-state index contributed by atoms with van der Waals surface area (Å²) in [5.41, 5.74) is -1.09. The van der Waals surface area contributed by atoms with E-state index in [0.717, 1.165) is 0 Å². The second-order valence-corrected chi connectivity index (χ2v) is 2.98. The molecule has 0 aliphatic heterocycles. The normalized spacial score (nSPS) is 10.7. The SMILES string of the molecule is CCNC(=O)C(C)(C)C(=O)OC. The van der Waals surface area contributed by atoms with Crippen molar-refractivity contribution in [2.24, 2.45) is 5.41 Å². The Morgan fingerprint density at radius 2 is 1.92 bits per heavy atom. The molecule has 0 spiro atoms. The number of amides is 1. The van der Waals surface area contributed by atoms with E-state index in [4.69, 9.17) is 0 Å². The predicted octanol–water partition coefficient (Wildman–Crippen LogP) is 0.322. The minimum absolute atomic E-state index is 0.308. The lowest BCUT2D eigenvalue weighted by atomic mass is 9.92. The summed E-state index contributed by atoms with van der Waals surface area (Å²) >= 11 is 0. The largest absolute Gasteiger partial charge is 0.468 e. The maximum Gasteiger partial charge on any atom is 0.320 e. The number of nitrogens with one attached hydrogen (secondary N) is 1. The molecule has 0 saturated heterocycles. The van der Waals surface area contributed by atoms with E-state index in [1.165, 1.54) is 21.0 Å². The highest BCUT2D eigenvalue weighted by atomic mass is 16.5. The van der Waals surface area contributed by atoms with Crippen LogP contribution in [0.4, 0.5) is 0 Å². The van der Waals surface area contributed by atoms with Gasteiger partial charge in [-0.15, -0.1) is 0 Å². The number of rotatable bonds is 3. The molecule has 0 aromatic carbocycles. The average Bonchev–Trinajstić information content (AvgIpc) is 2.03. The summed E-state index contributed by atoms with van der Waals surface area (Å²) in [6.45, 7) is 5.37. The molecule has 0 saturated carbocycles. The number of carbonyl (C=O) groups is 2. The zero-order chi connectivity index (χ0) is 9.78. The molecule has 0 fully saturated rings. The Morgan fingerprint density at radius 3 is 2.25 bits per heavy atom. The van der Waals surface area contributed by atoms with Crippen LogP contribution in [0, 0.1) is 5.41 Å². The lowest BCUT2D eigenvalue weighted by Crippen LogP contribution is -2.42.